The molecule has 1 fully saturated rings. The number of benzene rings is 2. The molecule has 0 bridgehead atoms. The van der Waals surface area contributed by atoms with Crippen molar-refractivity contribution < 1.29 is 14.3 Å². The summed E-state index contributed by atoms with van der Waals surface area (Å²) in [7, 11) is 3.21. The van der Waals surface area contributed by atoms with E-state index in [4.69, 9.17) is 9.47 Å². The summed E-state index contributed by atoms with van der Waals surface area (Å²) in [6, 6.07) is 13.4. The van der Waals surface area contributed by atoms with Gasteiger partial charge in [-0.1, -0.05) is 6.08 Å². The van der Waals surface area contributed by atoms with Crippen molar-refractivity contribution >= 4 is 17.5 Å². The van der Waals surface area contributed by atoms with Crippen molar-refractivity contribution in [2.75, 3.05) is 32.2 Å². The number of anilines is 1. The van der Waals surface area contributed by atoms with Crippen LogP contribution >= 0.6 is 0 Å². The molecule has 0 amide bonds. The number of carbonyl (C=O) groups is 1. The lowest BCUT2D eigenvalue weighted by molar-refractivity contribution is 0.104. The van der Waals surface area contributed by atoms with Gasteiger partial charge in [0.1, 0.15) is 11.5 Å². The maximum absolute atomic E-state index is 12.4. The standard InChI is InChI=1S/C21H23NO3/c1-24-19-13-16(14-20(15-19)25-2)5-10-21(23)17-6-8-18(9-7-17)22-11-3-4-12-22/h5-10,13-15H,3-4,11-12H2,1-2H3/b10-5+. The van der Waals surface area contributed by atoms with Gasteiger partial charge >= 0.3 is 0 Å². The Kier molecular flexibility index (Phi) is 5.39. The summed E-state index contributed by atoms with van der Waals surface area (Å²) in [4.78, 5) is 14.8. The summed E-state index contributed by atoms with van der Waals surface area (Å²) in [5, 5.41) is 0. The molecular formula is C21H23NO3. The molecule has 0 N–H and O–H groups in total. The van der Waals surface area contributed by atoms with E-state index < -0.39 is 0 Å². The van der Waals surface area contributed by atoms with Gasteiger partial charge in [-0.15, -0.1) is 0 Å². The molecule has 0 saturated carbocycles. The van der Waals surface area contributed by atoms with Crippen LogP contribution in [0.2, 0.25) is 0 Å². The molecule has 2 aromatic rings. The van der Waals surface area contributed by atoms with Crippen molar-refractivity contribution in [3.05, 3.63) is 59.7 Å². The molecule has 0 radical (unpaired) electrons. The van der Waals surface area contributed by atoms with Gasteiger partial charge in [0.15, 0.2) is 5.78 Å². The Balaban J connectivity index is 1.72. The highest BCUT2D eigenvalue weighted by Crippen LogP contribution is 2.24. The normalized spacial score (nSPS) is 14.1. The van der Waals surface area contributed by atoms with Crippen molar-refractivity contribution in [3.8, 4) is 11.5 Å². The highest BCUT2D eigenvalue weighted by molar-refractivity contribution is 6.07. The van der Waals surface area contributed by atoms with E-state index in [0.717, 1.165) is 18.7 Å². The van der Waals surface area contributed by atoms with E-state index in [0.29, 0.717) is 17.1 Å². The molecule has 4 heteroatoms. The van der Waals surface area contributed by atoms with Crippen molar-refractivity contribution in [2.45, 2.75) is 12.8 Å². The molecule has 1 aliphatic rings. The van der Waals surface area contributed by atoms with Gasteiger partial charge in [0.05, 0.1) is 14.2 Å². The predicted octanol–water partition coefficient (Wildman–Crippen LogP) is 4.20. The van der Waals surface area contributed by atoms with Crippen LogP contribution in [0.3, 0.4) is 0 Å². The number of methoxy groups -OCH3 is 2. The van der Waals surface area contributed by atoms with E-state index >= 15 is 0 Å². The van der Waals surface area contributed by atoms with Gasteiger partial charge in [-0.3, -0.25) is 4.79 Å². The van der Waals surface area contributed by atoms with Crippen molar-refractivity contribution in [2.24, 2.45) is 0 Å². The SMILES string of the molecule is COc1cc(/C=C/C(=O)c2ccc(N3CCCC3)cc2)cc(OC)c1. The lowest BCUT2D eigenvalue weighted by Gasteiger charge is -2.17. The second-order valence-corrected chi connectivity index (χ2v) is 6.08. The van der Waals surface area contributed by atoms with E-state index in [1.54, 1.807) is 32.4 Å². The largest absolute Gasteiger partial charge is 0.497 e. The first kappa shape index (κ1) is 17.1. The number of allylic oxidation sites excluding steroid dienone is 1. The molecule has 130 valence electrons. The topological polar surface area (TPSA) is 38.8 Å². The van der Waals surface area contributed by atoms with Gasteiger partial charge in [0.2, 0.25) is 0 Å². The average Bonchev–Trinajstić information content (AvgIpc) is 3.20. The minimum absolute atomic E-state index is 0.0187. The Hall–Kier alpha value is -2.75. The molecule has 0 spiro atoms. The van der Waals surface area contributed by atoms with Gasteiger partial charge < -0.3 is 14.4 Å². The molecule has 1 saturated heterocycles. The lowest BCUT2D eigenvalue weighted by Crippen LogP contribution is -2.17. The Morgan fingerprint density at radius 3 is 2.12 bits per heavy atom. The molecule has 3 rings (SSSR count). The van der Waals surface area contributed by atoms with Crippen LogP contribution in [0.1, 0.15) is 28.8 Å². The molecule has 2 aromatic carbocycles. The van der Waals surface area contributed by atoms with Crippen LogP contribution in [-0.2, 0) is 0 Å². The van der Waals surface area contributed by atoms with Crippen LogP contribution in [0.15, 0.2) is 48.5 Å². The van der Waals surface area contributed by atoms with E-state index in [-0.39, 0.29) is 5.78 Å². The quantitative estimate of drug-likeness (QED) is 0.585. The highest BCUT2D eigenvalue weighted by atomic mass is 16.5. The van der Waals surface area contributed by atoms with Crippen LogP contribution in [0.5, 0.6) is 11.5 Å². The van der Waals surface area contributed by atoms with Gasteiger partial charge in [-0.2, -0.15) is 0 Å². The molecule has 1 aliphatic heterocycles. The van der Waals surface area contributed by atoms with E-state index in [2.05, 4.69) is 4.90 Å². The smallest absolute Gasteiger partial charge is 0.185 e. The first-order chi connectivity index (χ1) is 12.2. The zero-order valence-electron chi connectivity index (χ0n) is 14.7. The Bertz CT molecular complexity index is 737. The van der Waals surface area contributed by atoms with Crippen molar-refractivity contribution in [1.82, 2.24) is 0 Å². The van der Waals surface area contributed by atoms with Crippen LogP contribution < -0.4 is 14.4 Å². The van der Waals surface area contributed by atoms with Crippen LogP contribution in [0.4, 0.5) is 5.69 Å². The summed E-state index contributed by atoms with van der Waals surface area (Å²) in [5.74, 6) is 1.37. The molecule has 0 atom stereocenters. The second-order valence-electron chi connectivity index (χ2n) is 6.08. The highest BCUT2D eigenvalue weighted by Gasteiger charge is 2.12. The van der Waals surface area contributed by atoms with Gasteiger partial charge in [-0.05, 0) is 60.9 Å². The maximum atomic E-state index is 12.4. The number of hydrogen-bond acceptors (Lipinski definition) is 4. The fraction of sp³-hybridized carbons (Fsp3) is 0.286. The third-order valence-corrected chi connectivity index (χ3v) is 4.42. The maximum Gasteiger partial charge on any atom is 0.185 e. The molecule has 4 nitrogen and oxygen atoms in total. The van der Waals surface area contributed by atoms with E-state index in [1.807, 2.05) is 36.4 Å². The fourth-order valence-corrected chi connectivity index (χ4v) is 3.01. The number of carbonyl (C=O) groups excluding carboxylic acids is 1. The monoisotopic (exact) mass is 337 g/mol. The second kappa shape index (κ2) is 7.88. The van der Waals surface area contributed by atoms with Crippen molar-refractivity contribution in [1.29, 1.82) is 0 Å². The van der Waals surface area contributed by atoms with E-state index in [9.17, 15) is 4.79 Å². The number of rotatable bonds is 6. The fourth-order valence-electron chi connectivity index (χ4n) is 3.01. The summed E-state index contributed by atoms with van der Waals surface area (Å²) in [6.45, 7) is 2.20. The molecule has 1 heterocycles. The third-order valence-electron chi connectivity index (χ3n) is 4.42. The molecule has 25 heavy (non-hydrogen) atoms. The average molecular weight is 337 g/mol. The third kappa shape index (κ3) is 4.21. The number of hydrogen-bond donors (Lipinski definition) is 0. The summed E-state index contributed by atoms with van der Waals surface area (Å²) in [5.41, 5.74) is 2.74. The molecule has 0 unspecified atom stereocenters. The van der Waals surface area contributed by atoms with Gasteiger partial charge in [0.25, 0.3) is 0 Å². The van der Waals surface area contributed by atoms with Crippen LogP contribution in [0.25, 0.3) is 6.08 Å². The summed E-state index contributed by atoms with van der Waals surface area (Å²) in [6.07, 6.45) is 5.85. The van der Waals surface area contributed by atoms with Crippen LogP contribution in [0, 0.1) is 0 Å². The van der Waals surface area contributed by atoms with Crippen LogP contribution in [-0.4, -0.2) is 33.1 Å². The first-order valence-corrected chi connectivity index (χ1v) is 8.50. The van der Waals surface area contributed by atoms with Crippen molar-refractivity contribution in [3.63, 3.8) is 0 Å². The van der Waals surface area contributed by atoms with Gasteiger partial charge in [0, 0.05) is 30.4 Å². The zero-order valence-corrected chi connectivity index (χ0v) is 14.7. The Labute approximate surface area is 148 Å². The van der Waals surface area contributed by atoms with Gasteiger partial charge in [-0.25, -0.2) is 0 Å². The zero-order chi connectivity index (χ0) is 17.6. The minimum atomic E-state index is -0.0187. The molecule has 0 aromatic heterocycles. The number of nitrogens with zero attached hydrogens (tertiary/aromatic N) is 1. The summed E-state index contributed by atoms with van der Waals surface area (Å²) >= 11 is 0. The number of ketones is 1. The first-order valence-electron chi connectivity index (χ1n) is 8.50. The Morgan fingerprint density at radius 1 is 0.960 bits per heavy atom. The lowest BCUT2D eigenvalue weighted by atomic mass is 10.1. The minimum Gasteiger partial charge on any atom is -0.497 e. The molecular weight excluding hydrogens is 314 g/mol. The van der Waals surface area contributed by atoms with E-state index in [1.165, 1.54) is 18.5 Å². The predicted molar refractivity (Wildman–Crippen MR) is 101 cm³/mol. The summed E-state index contributed by atoms with van der Waals surface area (Å²) < 4.78 is 10.5. The number of ether oxygens (including phenoxy) is 2. The molecule has 0 aliphatic carbocycles. The Morgan fingerprint density at radius 2 is 1.56 bits per heavy atom.